The highest BCUT2D eigenvalue weighted by Gasteiger charge is 2.18. The van der Waals surface area contributed by atoms with Crippen molar-refractivity contribution in [3.63, 3.8) is 0 Å². The van der Waals surface area contributed by atoms with E-state index in [4.69, 9.17) is 14.2 Å². The van der Waals surface area contributed by atoms with Crippen LogP contribution >= 0.6 is 0 Å². The average molecular weight is 423 g/mol. The predicted octanol–water partition coefficient (Wildman–Crippen LogP) is 2.20. The zero-order chi connectivity index (χ0) is 21.3. The maximum atomic E-state index is 12.7. The number of nitrogens with one attached hydrogen (secondary N) is 2. The average Bonchev–Trinajstić information content (AvgIpc) is 2.71. The molecule has 0 aromatic heterocycles. The largest absolute Gasteiger partial charge is 0.497 e. The van der Waals surface area contributed by atoms with E-state index in [0.717, 1.165) is 0 Å². The van der Waals surface area contributed by atoms with E-state index in [2.05, 4.69) is 10.0 Å². The van der Waals surface area contributed by atoms with Crippen molar-refractivity contribution in [2.24, 2.45) is 0 Å². The number of ether oxygens (including phenoxy) is 3. The van der Waals surface area contributed by atoms with Gasteiger partial charge in [-0.15, -0.1) is 0 Å². The molecule has 29 heavy (non-hydrogen) atoms. The highest BCUT2D eigenvalue weighted by atomic mass is 32.2. The minimum absolute atomic E-state index is 0.000382. The normalized spacial score (nSPS) is 11.1. The van der Waals surface area contributed by atoms with Gasteiger partial charge in [-0.3, -0.25) is 9.52 Å². The minimum atomic E-state index is -3.85. The summed E-state index contributed by atoms with van der Waals surface area (Å²) in [5, 5.41) is 2.72. The molecule has 2 rings (SSSR count). The van der Waals surface area contributed by atoms with Gasteiger partial charge in [0.05, 0.1) is 31.8 Å². The molecule has 2 aromatic rings. The van der Waals surface area contributed by atoms with Crippen molar-refractivity contribution in [2.45, 2.75) is 11.8 Å². The van der Waals surface area contributed by atoms with Crippen LogP contribution in [0.25, 0.3) is 0 Å². The third-order valence-electron chi connectivity index (χ3n) is 4.07. The van der Waals surface area contributed by atoms with Crippen molar-refractivity contribution in [3.05, 3.63) is 53.6 Å². The van der Waals surface area contributed by atoms with Gasteiger partial charge < -0.3 is 19.5 Å². The van der Waals surface area contributed by atoms with E-state index in [1.807, 2.05) is 0 Å². The molecule has 0 aliphatic carbocycles. The highest BCUT2D eigenvalue weighted by molar-refractivity contribution is 7.92. The van der Waals surface area contributed by atoms with Crippen LogP contribution < -0.4 is 14.8 Å². The fourth-order valence-corrected chi connectivity index (χ4v) is 3.55. The number of anilines is 1. The lowest BCUT2D eigenvalue weighted by atomic mass is 10.1. The standard InChI is InChI=1S/C20H26N2O6S/c1-15-4-9-18(14-19(15)20(23)21-10-11-28-13-12-26-2)29(24,25)22-16-5-7-17(27-3)8-6-16/h4-9,14,22H,10-13H2,1-3H3,(H,21,23). The highest BCUT2D eigenvalue weighted by Crippen LogP contribution is 2.21. The van der Waals surface area contributed by atoms with Crippen LogP contribution in [-0.2, 0) is 19.5 Å². The van der Waals surface area contributed by atoms with Gasteiger partial charge in [0.25, 0.3) is 15.9 Å². The SMILES string of the molecule is COCCOCCNC(=O)c1cc(S(=O)(=O)Nc2ccc(OC)cc2)ccc1C. The molecule has 0 saturated carbocycles. The van der Waals surface area contributed by atoms with Gasteiger partial charge >= 0.3 is 0 Å². The van der Waals surface area contributed by atoms with E-state index in [-0.39, 0.29) is 10.8 Å². The van der Waals surface area contributed by atoms with E-state index in [0.29, 0.717) is 48.9 Å². The fraction of sp³-hybridized carbons (Fsp3) is 0.350. The Morgan fingerprint density at radius 3 is 2.38 bits per heavy atom. The van der Waals surface area contributed by atoms with Crippen molar-refractivity contribution >= 4 is 21.6 Å². The first-order chi connectivity index (χ1) is 13.9. The number of hydrogen-bond donors (Lipinski definition) is 2. The Kier molecular flexibility index (Phi) is 8.44. The molecule has 0 atom stereocenters. The molecule has 158 valence electrons. The number of amides is 1. The molecule has 8 nitrogen and oxygen atoms in total. The lowest BCUT2D eigenvalue weighted by Gasteiger charge is -2.12. The Morgan fingerprint density at radius 2 is 1.72 bits per heavy atom. The number of benzene rings is 2. The molecule has 0 radical (unpaired) electrons. The Labute approximate surface area is 171 Å². The van der Waals surface area contributed by atoms with Crippen LogP contribution in [0.1, 0.15) is 15.9 Å². The van der Waals surface area contributed by atoms with Gasteiger partial charge in [-0.05, 0) is 48.9 Å². The van der Waals surface area contributed by atoms with Gasteiger partial charge in [0, 0.05) is 24.9 Å². The summed E-state index contributed by atoms with van der Waals surface area (Å²) in [5.74, 6) is 0.257. The second-order valence-electron chi connectivity index (χ2n) is 6.17. The number of rotatable bonds is 11. The molecule has 0 spiro atoms. The lowest BCUT2D eigenvalue weighted by molar-refractivity contribution is 0.0692. The number of carbonyl (C=O) groups is 1. The molecular formula is C20H26N2O6S. The molecule has 0 bridgehead atoms. The monoisotopic (exact) mass is 422 g/mol. The predicted molar refractivity (Wildman–Crippen MR) is 110 cm³/mol. The molecule has 0 unspecified atom stereocenters. The summed E-state index contributed by atoms with van der Waals surface area (Å²) >= 11 is 0. The number of methoxy groups -OCH3 is 2. The van der Waals surface area contributed by atoms with Crippen LogP contribution in [0.15, 0.2) is 47.4 Å². The third kappa shape index (κ3) is 6.74. The molecule has 2 aromatic carbocycles. The Hall–Kier alpha value is -2.62. The van der Waals surface area contributed by atoms with Crippen LogP contribution in [0, 0.1) is 6.92 Å². The van der Waals surface area contributed by atoms with Gasteiger partial charge in [0.1, 0.15) is 5.75 Å². The summed E-state index contributed by atoms with van der Waals surface area (Å²) in [6.07, 6.45) is 0. The summed E-state index contributed by atoms with van der Waals surface area (Å²) in [5.41, 5.74) is 1.36. The second kappa shape index (κ2) is 10.8. The van der Waals surface area contributed by atoms with Crippen molar-refractivity contribution in [1.82, 2.24) is 5.32 Å². The van der Waals surface area contributed by atoms with Crippen LogP contribution in [0.4, 0.5) is 5.69 Å². The van der Waals surface area contributed by atoms with E-state index in [1.54, 1.807) is 44.4 Å². The van der Waals surface area contributed by atoms with Crippen LogP contribution in [0.5, 0.6) is 5.75 Å². The first-order valence-electron chi connectivity index (χ1n) is 9.00. The molecule has 0 fully saturated rings. The lowest BCUT2D eigenvalue weighted by Crippen LogP contribution is -2.28. The molecule has 0 aliphatic rings. The van der Waals surface area contributed by atoms with Crippen molar-refractivity contribution in [2.75, 3.05) is 45.3 Å². The van der Waals surface area contributed by atoms with E-state index in [1.165, 1.54) is 19.2 Å². The molecule has 0 heterocycles. The van der Waals surface area contributed by atoms with Gasteiger partial charge in [-0.1, -0.05) is 6.07 Å². The Morgan fingerprint density at radius 1 is 1.00 bits per heavy atom. The van der Waals surface area contributed by atoms with Crippen molar-refractivity contribution in [1.29, 1.82) is 0 Å². The van der Waals surface area contributed by atoms with Gasteiger partial charge in [-0.2, -0.15) is 0 Å². The van der Waals surface area contributed by atoms with Gasteiger partial charge in [0.15, 0.2) is 0 Å². The van der Waals surface area contributed by atoms with E-state index >= 15 is 0 Å². The summed E-state index contributed by atoms with van der Waals surface area (Å²) < 4.78 is 43.1. The van der Waals surface area contributed by atoms with Gasteiger partial charge in [-0.25, -0.2) is 8.42 Å². The maximum absolute atomic E-state index is 12.7. The van der Waals surface area contributed by atoms with Crippen LogP contribution in [-0.4, -0.2) is 54.9 Å². The number of sulfonamides is 1. The molecule has 1 amide bonds. The first-order valence-corrected chi connectivity index (χ1v) is 10.5. The summed E-state index contributed by atoms with van der Waals surface area (Å²) in [6, 6.07) is 10.9. The molecule has 0 saturated heterocycles. The summed E-state index contributed by atoms with van der Waals surface area (Å²) in [6.45, 7) is 3.32. The quantitative estimate of drug-likeness (QED) is 0.538. The van der Waals surface area contributed by atoms with E-state index in [9.17, 15) is 13.2 Å². The van der Waals surface area contributed by atoms with Gasteiger partial charge in [0.2, 0.25) is 0 Å². The van der Waals surface area contributed by atoms with Crippen molar-refractivity contribution < 1.29 is 27.4 Å². The summed E-state index contributed by atoms with van der Waals surface area (Å²) in [4.78, 5) is 12.4. The number of carbonyl (C=O) groups excluding carboxylic acids is 1. The smallest absolute Gasteiger partial charge is 0.261 e. The fourth-order valence-electron chi connectivity index (χ4n) is 2.46. The maximum Gasteiger partial charge on any atom is 0.261 e. The Bertz CT molecular complexity index is 913. The first kappa shape index (κ1) is 22.7. The van der Waals surface area contributed by atoms with Crippen LogP contribution in [0.2, 0.25) is 0 Å². The van der Waals surface area contributed by atoms with E-state index < -0.39 is 10.0 Å². The summed E-state index contributed by atoms with van der Waals surface area (Å²) in [7, 11) is -0.737. The Balaban J connectivity index is 2.06. The van der Waals surface area contributed by atoms with Crippen molar-refractivity contribution in [3.8, 4) is 5.75 Å². The molecule has 2 N–H and O–H groups in total. The minimum Gasteiger partial charge on any atom is -0.497 e. The molecular weight excluding hydrogens is 396 g/mol. The number of hydrogen-bond acceptors (Lipinski definition) is 6. The number of aryl methyl sites for hydroxylation is 1. The molecule has 0 aliphatic heterocycles. The zero-order valence-corrected chi connectivity index (χ0v) is 17.5. The topological polar surface area (TPSA) is 103 Å². The third-order valence-corrected chi connectivity index (χ3v) is 5.45. The molecule has 9 heteroatoms. The van der Waals surface area contributed by atoms with Crippen LogP contribution in [0.3, 0.4) is 0 Å². The second-order valence-corrected chi connectivity index (χ2v) is 7.85. The zero-order valence-electron chi connectivity index (χ0n) is 16.7.